The van der Waals surface area contributed by atoms with Crippen LogP contribution in [0.25, 0.3) is 0 Å². The highest BCUT2D eigenvalue weighted by Crippen LogP contribution is 2.67. The van der Waals surface area contributed by atoms with Crippen molar-refractivity contribution >= 4 is 11.9 Å². The second-order valence-corrected chi connectivity index (χ2v) is 15.7. The number of aliphatic hydroxyl groups excluding tert-OH is 1. The number of hydrogen-bond acceptors (Lipinski definition) is 7. The number of rotatable bonds is 9. The Morgan fingerprint density at radius 1 is 0.978 bits per heavy atom. The van der Waals surface area contributed by atoms with Gasteiger partial charge in [-0.2, -0.15) is 0 Å². The number of likely N-dealkylation sites (N-methyl/N-ethyl adjacent to an activating group) is 1. The first-order valence-corrected chi connectivity index (χ1v) is 17.8. The summed E-state index contributed by atoms with van der Waals surface area (Å²) in [5, 5.41) is 25.2. The number of guanidine groups is 2. The van der Waals surface area contributed by atoms with Crippen LogP contribution in [0.2, 0.25) is 0 Å². The van der Waals surface area contributed by atoms with Crippen LogP contribution in [0.4, 0.5) is 0 Å². The Hall–Kier alpha value is -1.72. The summed E-state index contributed by atoms with van der Waals surface area (Å²) >= 11 is 0. The largest absolute Gasteiger partial charge is 0.393 e. The summed E-state index contributed by atoms with van der Waals surface area (Å²) in [6, 6.07) is 0. The molecule has 14 N–H and O–H groups in total. The van der Waals surface area contributed by atoms with E-state index < -0.39 is 5.79 Å². The van der Waals surface area contributed by atoms with Crippen molar-refractivity contribution in [3.63, 3.8) is 0 Å². The number of hydrogen-bond donors (Lipinski definition) is 9. The van der Waals surface area contributed by atoms with Gasteiger partial charge in [-0.15, -0.1) is 0 Å². The lowest BCUT2D eigenvalue weighted by Gasteiger charge is -2.58. The zero-order valence-electron chi connectivity index (χ0n) is 29.8. The Morgan fingerprint density at radius 3 is 2.09 bits per heavy atom. The summed E-state index contributed by atoms with van der Waals surface area (Å²) in [4.78, 5) is 2.08. The molecule has 0 aromatic carbocycles. The highest BCUT2D eigenvalue weighted by molar-refractivity contribution is 5.93. The Kier molecular flexibility index (Phi) is 14.8. The molecule has 0 bridgehead atoms. The molecule has 3 saturated carbocycles. The lowest BCUT2D eigenvalue weighted by molar-refractivity contribution is -0.0573. The van der Waals surface area contributed by atoms with Gasteiger partial charge in [0.1, 0.15) is 5.79 Å². The van der Waals surface area contributed by atoms with Gasteiger partial charge in [-0.25, -0.2) is 0 Å². The first-order chi connectivity index (χ1) is 20.9. The predicted octanol–water partition coefficient (Wildman–Crippen LogP) is 4.61. The second kappa shape index (κ2) is 16.9. The van der Waals surface area contributed by atoms with E-state index in [1.807, 2.05) is 5.32 Å². The predicted molar refractivity (Wildman–Crippen MR) is 189 cm³/mol. The van der Waals surface area contributed by atoms with E-state index in [0.29, 0.717) is 17.4 Å². The third-order valence-electron chi connectivity index (χ3n) is 11.9. The van der Waals surface area contributed by atoms with Gasteiger partial charge in [0, 0.05) is 6.54 Å². The minimum absolute atomic E-state index is 0.0766. The van der Waals surface area contributed by atoms with Gasteiger partial charge in [0.05, 0.1) is 6.10 Å². The fourth-order valence-electron chi connectivity index (χ4n) is 9.65. The van der Waals surface area contributed by atoms with Crippen molar-refractivity contribution in [3.05, 3.63) is 11.6 Å². The van der Waals surface area contributed by atoms with E-state index in [1.54, 1.807) is 5.57 Å². The quantitative estimate of drug-likeness (QED) is 0.0755. The zero-order valence-corrected chi connectivity index (χ0v) is 29.8. The topological polar surface area (TPSA) is 213 Å². The standard InChI is InChI=1S/C27H46O.C6H18N4.C2H7N5/c1-18(2)7-6-8-19(3)23-11-12-24-22-10-9-20-17-21(28)13-15-26(20,4)25(22)14-16-27(23,24)5;1-3-10(4-2)5-6(7,8)9;3-1(4)7-2(5)6/h9,18-19,21-25,28H,6-8,10-17H2,1-5H3;3-5,7-9H2,1-2H3;(H7,3,4,5,6,7)/t19?,21-,22-,23+,24-,25-,26-,27+;;/m0../s1. The molecule has 8 atom stereocenters. The first-order valence-electron chi connectivity index (χ1n) is 17.8. The van der Waals surface area contributed by atoms with Gasteiger partial charge >= 0.3 is 0 Å². The molecular weight excluding hydrogens is 562 g/mol. The minimum Gasteiger partial charge on any atom is -0.393 e. The molecule has 4 aliphatic carbocycles. The van der Waals surface area contributed by atoms with Crippen molar-refractivity contribution in [2.45, 2.75) is 131 Å². The molecule has 0 aromatic rings. The molecular formula is C35H71N9O. The van der Waals surface area contributed by atoms with E-state index in [9.17, 15) is 5.11 Å². The third kappa shape index (κ3) is 10.9. The van der Waals surface area contributed by atoms with Crippen LogP contribution in [0.1, 0.15) is 119 Å². The maximum atomic E-state index is 10.2. The number of aliphatic hydroxyl groups is 1. The minimum atomic E-state index is -1.05. The molecule has 1 unspecified atom stereocenters. The number of allylic oxidation sites excluding steroid dienone is 1. The molecule has 10 nitrogen and oxygen atoms in total. The van der Waals surface area contributed by atoms with E-state index in [0.717, 1.165) is 61.4 Å². The van der Waals surface area contributed by atoms with E-state index in [2.05, 4.69) is 59.4 Å². The molecule has 4 rings (SSSR count). The van der Waals surface area contributed by atoms with Gasteiger partial charge in [0.2, 0.25) is 0 Å². The fourth-order valence-corrected chi connectivity index (χ4v) is 9.65. The SMILES string of the molecule is CC(C)CCCC(C)[C@H]1CC[C@H]2[C@@H]3CC=C4C[C@@H](O)CC[C@]4(C)[C@H]3CC[C@]12C.CCN(CC)CC(N)(N)N.N=C(N)NC(=N)N. The summed E-state index contributed by atoms with van der Waals surface area (Å²) in [7, 11) is 0. The van der Waals surface area contributed by atoms with Gasteiger partial charge in [0.15, 0.2) is 11.9 Å². The third-order valence-corrected chi connectivity index (χ3v) is 11.9. The molecule has 262 valence electrons. The highest BCUT2D eigenvalue weighted by Gasteiger charge is 2.59. The molecule has 0 saturated heterocycles. The van der Waals surface area contributed by atoms with Crippen LogP contribution in [0, 0.1) is 57.2 Å². The summed E-state index contributed by atoms with van der Waals surface area (Å²) in [6.45, 7) is 19.1. The molecule has 0 aliphatic heterocycles. The Morgan fingerprint density at radius 2 is 1.60 bits per heavy atom. The van der Waals surface area contributed by atoms with Crippen LogP contribution >= 0.6 is 0 Å². The van der Waals surface area contributed by atoms with Crippen molar-refractivity contribution in [1.29, 1.82) is 10.8 Å². The van der Waals surface area contributed by atoms with Crippen LogP contribution in [0.5, 0.6) is 0 Å². The molecule has 3 fully saturated rings. The fraction of sp³-hybridized carbons (Fsp3) is 0.886. The maximum absolute atomic E-state index is 10.2. The van der Waals surface area contributed by atoms with E-state index in [1.165, 1.54) is 57.8 Å². The number of nitrogens with zero attached hydrogens (tertiary/aromatic N) is 1. The molecule has 0 radical (unpaired) electrons. The van der Waals surface area contributed by atoms with Gasteiger partial charge in [-0.05, 0) is 111 Å². The Balaban J connectivity index is 0.000000343. The molecule has 0 amide bonds. The number of fused-ring (bicyclic) bond motifs is 5. The molecule has 0 aromatic heterocycles. The van der Waals surface area contributed by atoms with Crippen molar-refractivity contribution < 1.29 is 5.11 Å². The number of nitrogens with two attached hydrogens (primary N) is 5. The summed E-state index contributed by atoms with van der Waals surface area (Å²) < 4.78 is 0. The van der Waals surface area contributed by atoms with E-state index in [-0.39, 0.29) is 18.0 Å². The number of nitrogens with one attached hydrogen (secondary N) is 3. The van der Waals surface area contributed by atoms with Crippen molar-refractivity contribution in [1.82, 2.24) is 10.2 Å². The average molecular weight is 634 g/mol. The van der Waals surface area contributed by atoms with Crippen LogP contribution in [0.15, 0.2) is 11.6 Å². The monoisotopic (exact) mass is 634 g/mol. The van der Waals surface area contributed by atoms with Crippen molar-refractivity contribution in [2.75, 3.05) is 19.6 Å². The molecule has 4 aliphatic rings. The second-order valence-electron chi connectivity index (χ2n) is 15.7. The average Bonchev–Trinajstić information content (AvgIpc) is 3.28. The molecule has 0 spiro atoms. The summed E-state index contributed by atoms with van der Waals surface area (Å²) in [6.07, 6.45) is 17.2. The van der Waals surface area contributed by atoms with Crippen LogP contribution < -0.4 is 34.0 Å². The van der Waals surface area contributed by atoms with Crippen LogP contribution in [-0.4, -0.2) is 53.5 Å². The summed E-state index contributed by atoms with van der Waals surface area (Å²) in [5.74, 6) is 3.78. The molecule has 10 heteroatoms. The Labute approximate surface area is 275 Å². The molecule has 0 heterocycles. The first kappa shape index (κ1) is 39.5. The Bertz CT molecular complexity index is 963. The van der Waals surface area contributed by atoms with Crippen molar-refractivity contribution in [2.24, 2.45) is 75.0 Å². The lowest BCUT2D eigenvalue weighted by atomic mass is 9.47. The van der Waals surface area contributed by atoms with E-state index in [4.69, 9.17) is 39.5 Å². The summed E-state index contributed by atoms with van der Waals surface area (Å²) in [5.41, 5.74) is 28.3. The van der Waals surface area contributed by atoms with Gasteiger partial charge < -0.3 is 33.8 Å². The van der Waals surface area contributed by atoms with Gasteiger partial charge in [0.25, 0.3) is 0 Å². The maximum Gasteiger partial charge on any atom is 0.192 e. The lowest BCUT2D eigenvalue weighted by Crippen LogP contribution is -2.64. The van der Waals surface area contributed by atoms with Crippen LogP contribution in [-0.2, 0) is 0 Å². The van der Waals surface area contributed by atoms with Gasteiger partial charge in [-0.1, -0.05) is 79.4 Å². The smallest absolute Gasteiger partial charge is 0.192 e. The zero-order chi connectivity index (χ0) is 34.2. The highest BCUT2D eigenvalue weighted by atomic mass is 16.3. The normalized spacial score (nSPS) is 32.9. The van der Waals surface area contributed by atoms with Crippen LogP contribution in [0.3, 0.4) is 0 Å². The van der Waals surface area contributed by atoms with Gasteiger partial charge in [-0.3, -0.25) is 21.0 Å². The molecule has 45 heavy (non-hydrogen) atoms. The van der Waals surface area contributed by atoms with Crippen molar-refractivity contribution in [3.8, 4) is 0 Å². The van der Waals surface area contributed by atoms with E-state index >= 15 is 0 Å².